The highest BCUT2D eigenvalue weighted by molar-refractivity contribution is 5.89. The van der Waals surface area contributed by atoms with E-state index in [1.54, 1.807) is 12.1 Å². The molecule has 3 rings (SSSR count). The Morgan fingerprint density at radius 2 is 1.79 bits per heavy atom. The summed E-state index contributed by atoms with van der Waals surface area (Å²) < 4.78 is 5.97. The number of rotatable bonds is 6. The molecular formula is C21H24O3. The van der Waals surface area contributed by atoms with E-state index >= 15 is 0 Å². The highest BCUT2D eigenvalue weighted by atomic mass is 16.5. The topological polar surface area (TPSA) is 46.5 Å². The molecule has 0 aliphatic heterocycles. The fourth-order valence-electron chi connectivity index (χ4n) is 3.40. The second-order valence-electron chi connectivity index (χ2n) is 6.60. The summed E-state index contributed by atoms with van der Waals surface area (Å²) in [5.74, 6) is 0.520. The molecule has 0 heterocycles. The molecule has 0 atom stereocenters. The van der Waals surface area contributed by atoms with Gasteiger partial charge in [0.15, 0.2) is 0 Å². The Hall–Kier alpha value is -2.29. The van der Waals surface area contributed by atoms with Crippen LogP contribution in [0.15, 0.2) is 48.5 Å². The SMILES string of the molecule is O=C(O)c1ccc(OCC2CCCCC2)cc1Cc1ccccc1. The van der Waals surface area contributed by atoms with Gasteiger partial charge in [-0.2, -0.15) is 0 Å². The predicted octanol–water partition coefficient (Wildman–Crippen LogP) is 4.93. The Kier molecular flexibility index (Phi) is 5.52. The largest absolute Gasteiger partial charge is 0.493 e. The maximum Gasteiger partial charge on any atom is 0.335 e. The number of carboxylic acids is 1. The van der Waals surface area contributed by atoms with Gasteiger partial charge in [-0.1, -0.05) is 49.6 Å². The number of ether oxygens (including phenoxy) is 1. The number of hydrogen-bond donors (Lipinski definition) is 1. The van der Waals surface area contributed by atoms with Crippen molar-refractivity contribution in [1.82, 2.24) is 0 Å². The molecule has 2 aromatic carbocycles. The minimum absolute atomic E-state index is 0.351. The highest BCUT2D eigenvalue weighted by Crippen LogP contribution is 2.26. The Balaban J connectivity index is 1.73. The smallest absolute Gasteiger partial charge is 0.335 e. The van der Waals surface area contributed by atoms with E-state index < -0.39 is 5.97 Å². The van der Waals surface area contributed by atoms with E-state index in [4.69, 9.17) is 4.74 Å². The molecular weight excluding hydrogens is 300 g/mol. The second-order valence-corrected chi connectivity index (χ2v) is 6.60. The van der Waals surface area contributed by atoms with Gasteiger partial charge in [0.25, 0.3) is 0 Å². The van der Waals surface area contributed by atoms with Crippen molar-refractivity contribution in [2.75, 3.05) is 6.61 Å². The summed E-state index contributed by atoms with van der Waals surface area (Å²) in [5.41, 5.74) is 2.25. The van der Waals surface area contributed by atoms with Crippen LogP contribution in [-0.2, 0) is 6.42 Å². The first-order valence-electron chi connectivity index (χ1n) is 8.75. The lowest BCUT2D eigenvalue weighted by atomic mass is 9.90. The molecule has 0 bridgehead atoms. The maximum atomic E-state index is 11.5. The average Bonchev–Trinajstić information content (AvgIpc) is 2.62. The van der Waals surface area contributed by atoms with E-state index in [-0.39, 0.29) is 0 Å². The zero-order valence-corrected chi connectivity index (χ0v) is 13.9. The highest BCUT2D eigenvalue weighted by Gasteiger charge is 2.15. The lowest BCUT2D eigenvalue weighted by Crippen LogP contribution is -2.15. The van der Waals surface area contributed by atoms with Crippen molar-refractivity contribution in [3.63, 3.8) is 0 Å². The normalized spacial score (nSPS) is 15.2. The standard InChI is InChI=1S/C21H24O3/c22-21(23)20-12-11-19(24-15-17-9-5-2-6-10-17)14-18(20)13-16-7-3-1-4-8-16/h1,3-4,7-8,11-12,14,17H,2,5-6,9-10,13,15H2,(H,22,23). The lowest BCUT2D eigenvalue weighted by Gasteiger charge is -2.22. The molecule has 0 aromatic heterocycles. The van der Waals surface area contributed by atoms with Crippen LogP contribution >= 0.6 is 0 Å². The van der Waals surface area contributed by atoms with Crippen LogP contribution in [0.1, 0.15) is 53.6 Å². The van der Waals surface area contributed by atoms with E-state index in [0.717, 1.165) is 23.5 Å². The Labute approximate surface area is 143 Å². The van der Waals surface area contributed by atoms with Crippen molar-refractivity contribution < 1.29 is 14.6 Å². The van der Waals surface area contributed by atoms with Gasteiger partial charge in [0, 0.05) is 0 Å². The third kappa shape index (κ3) is 4.38. The third-order valence-electron chi connectivity index (χ3n) is 4.75. The minimum atomic E-state index is -0.889. The van der Waals surface area contributed by atoms with Gasteiger partial charge in [-0.3, -0.25) is 0 Å². The first kappa shape index (κ1) is 16.6. The van der Waals surface area contributed by atoms with Crippen LogP contribution in [-0.4, -0.2) is 17.7 Å². The Morgan fingerprint density at radius 3 is 2.50 bits per heavy atom. The zero-order chi connectivity index (χ0) is 16.8. The van der Waals surface area contributed by atoms with Gasteiger partial charge in [-0.15, -0.1) is 0 Å². The first-order chi connectivity index (χ1) is 11.7. The molecule has 1 fully saturated rings. The van der Waals surface area contributed by atoms with Crippen LogP contribution < -0.4 is 4.74 Å². The summed E-state index contributed by atoms with van der Waals surface area (Å²) in [5, 5.41) is 9.43. The van der Waals surface area contributed by atoms with E-state index in [0.29, 0.717) is 17.9 Å². The summed E-state index contributed by atoms with van der Waals surface area (Å²) >= 11 is 0. The van der Waals surface area contributed by atoms with E-state index in [9.17, 15) is 9.90 Å². The fraction of sp³-hybridized carbons (Fsp3) is 0.381. The van der Waals surface area contributed by atoms with E-state index in [1.807, 2.05) is 36.4 Å². The maximum absolute atomic E-state index is 11.5. The minimum Gasteiger partial charge on any atom is -0.493 e. The van der Waals surface area contributed by atoms with Gasteiger partial charge < -0.3 is 9.84 Å². The van der Waals surface area contributed by atoms with E-state index in [2.05, 4.69) is 0 Å². The van der Waals surface area contributed by atoms with E-state index in [1.165, 1.54) is 32.1 Å². The molecule has 0 radical (unpaired) electrons. The van der Waals surface area contributed by atoms with Crippen molar-refractivity contribution in [3.8, 4) is 5.75 Å². The number of carbonyl (C=O) groups is 1. The van der Waals surface area contributed by atoms with Gasteiger partial charge in [0.05, 0.1) is 12.2 Å². The Morgan fingerprint density at radius 1 is 1.04 bits per heavy atom. The van der Waals surface area contributed by atoms with Gasteiger partial charge in [0.2, 0.25) is 0 Å². The van der Waals surface area contributed by atoms with Gasteiger partial charge in [-0.05, 0) is 54.5 Å². The molecule has 0 spiro atoms. The van der Waals surface area contributed by atoms with Crippen LogP contribution in [0.25, 0.3) is 0 Å². The number of aromatic carboxylic acids is 1. The molecule has 1 saturated carbocycles. The van der Waals surface area contributed by atoms with Crippen molar-refractivity contribution in [3.05, 3.63) is 65.2 Å². The molecule has 1 aliphatic rings. The summed E-state index contributed by atoms with van der Waals surface area (Å²) in [4.78, 5) is 11.5. The van der Waals surface area contributed by atoms with Gasteiger partial charge >= 0.3 is 5.97 Å². The molecule has 3 nitrogen and oxygen atoms in total. The molecule has 0 unspecified atom stereocenters. The quantitative estimate of drug-likeness (QED) is 0.819. The Bertz CT molecular complexity index is 673. The second kappa shape index (κ2) is 8.00. The van der Waals surface area contributed by atoms with Crippen molar-refractivity contribution in [2.45, 2.75) is 38.5 Å². The lowest BCUT2D eigenvalue weighted by molar-refractivity contribution is 0.0696. The molecule has 2 aromatic rings. The molecule has 126 valence electrons. The molecule has 0 amide bonds. The van der Waals surface area contributed by atoms with Crippen LogP contribution in [0.2, 0.25) is 0 Å². The van der Waals surface area contributed by atoms with Crippen LogP contribution in [0.4, 0.5) is 0 Å². The fourth-order valence-corrected chi connectivity index (χ4v) is 3.40. The van der Waals surface area contributed by atoms with Crippen LogP contribution in [0.3, 0.4) is 0 Å². The average molecular weight is 324 g/mol. The van der Waals surface area contributed by atoms with Gasteiger partial charge in [0.1, 0.15) is 5.75 Å². The molecule has 3 heteroatoms. The third-order valence-corrected chi connectivity index (χ3v) is 4.75. The number of benzene rings is 2. The van der Waals surface area contributed by atoms with Crippen molar-refractivity contribution in [1.29, 1.82) is 0 Å². The summed E-state index contributed by atoms with van der Waals surface area (Å²) in [6.45, 7) is 0.733. The molecule has 1 aliphatic carbocycles. The van der Waals surface area contributed by atoms with Crippen molar-refractivity contribution in [2.24, 2.45) is 5.92 Å². The predicted molar refractivity (Wildman–Crippen MR) is 94.7 cm³/mol. The monoisotopic (exact) mass is 324 g/mol. The summed E-state index contributed by atoms with van der Waals surface area (Å²) in [6, 6.07) is 15.3. The van der Waals surface area contributed by atoms with Crippen LogP contribution in [0, 0.1) is 5.92 Å². The number of carboxylic acid groups (broad SMARTS) is 1. The van der Waals surface area contributed by atoms with Crippen molar-refractivity contribution >= 4 is 5.97 Å². The van der Waals surface area contributed by atoms with Crippen LogP contribution in [0.5, 0.6) is 5.75 Å². The molecule has 0 saturated heterocycles. The summed E-state index contributed by atoms with van der Waals surface area (Å²) in [6.07, 6.45) is 7.01. The van der Waals surface area contributed by atoms with Gasteiger partial charge in [-0.25, -0.2) is 4.79 Å². The first-order valence-corrected chi connectivity index (χ1v) is 8.75. The molecule has 24 heavy (non-hydrogen) atoms. The number of hydrogen-bond acceptors (Lipinski definition) is 2. The molecule has 1 N–H and O–H groups in total. The zero-order valence-electron chi connectivity index (χ0n) is 13.9. The summed E-state index contributed by atoms with van der Waals surface area (Å²) in [7, 11) is 0.